The van der Waals surface area contributed by atoms with Crippen LogP contribution in [0.15, 0.2) is 138 Å². The molecule has 5 nitrogen and oxygen atoms in total. The number of nitrogens with zero attached hydrogens (tertiary/aromatic N) is 4. The summed E-state index contributed by atoms with van der Waals surface area (Å²) in [4.78, 5) is 13.5. The van der Waals surface area contributed by atoms with Crippen molar-refractivity contribution in [2.24, 2.45) is 0 Å². The summed E-state index contributed by atoms with van der Waals surface area (Å²) in [5.74, 6) is -4.90. The summed E-state index contributed by atoms with van der Waals surface area (Å²) in [5, 5.41) is 10.5. The van der Waals surface area contributed by atoms with E-state index in [0.717, 1.165) is 36.8 Å². The third-order valence-electron chi connectivity index (χ3n) is 10.9. The summed E-state index contributed by atoms with van der Waals surface area (Å²) in [7, 11) is 0. The SMILES string of the molecule is [2H]c1cc2c(oc3c(-c4cc(C([2H])(C)C)c(C([2H])([2H])C([2H])([2H])c5cc(C([2H])([2H])C([2H])([2H])c6cnc(-c7[c-]cccc7)cc6C([2H])(C)C)cc(C([2H])([2H])C([2H])([2H])c6cnc(-c7[c-]cccc7)cc6C([2H])(C)C)c5)cn4)[c-]ccc32)c([2H])c1C#N.[Ir+3]. The molecule has 9 rings (SSSR count). The molecule has 67 heavy (non-hydrogen) atoms. The Morgan fingerprint density at radius 1 is 0.597 bits per heavy atom. The van der Waals surface area contributed by atoms with Crippen LogP contribution in [0.2, 0.25) is 0 Å². The van der Waals surface area contributed by atoms with Gasteiger partial charge in [-0.3, -0.25) is 0 Å². The Labute approximate surface area is 433 Å². The van der Waals surface area contributed by atoms with E-state index in [0.29, 0.717) is 33.3 Å². The molecule has 9 aromatic rings. The summed E-state index contributed by atoms with van der Waals surface area (Å²) in [5.41, 5.74) is -1.69. The van der Waals surface area contributed by atoms with E-state index < -0.39 is 78.2 Å². The summed E-state index contributed by atoms with van der Waals surface area (Å²) in [6.45, 7) is 8.78. The predicted molar refractivity (Wildman–Crippen MR) is 268 cm³/mol. The van der Waals surface area contributed by atoms with Gasteiger partial charge in [0.25, 0.3) is 0 Å². The minimum Gasteiger partial charge on any atom is -0.501 e. The van der Waals surface area contributed by atoms with Gasteiger partial charge in [0.05, 0.1) is 20.0 Å². The summed E-state index contributed by atoms with van der Waals surface area (Å²) in [6.07, 6.45) is -16.5. The average Bonchev–Trinajstić information content (AvgIpc) is 3.63. The second kappa shape index (κ2) is 21.0. The van der Waals surface area contributed by atoms with Crippen LogP contribution in [0.3, 0.4) is 0 Å². The van der Waals surface area contributed by atoms with Crippen LogP contribution in [0, 0.1) is 29.5 Å². The zero-order valence-electron chi connectivity index (χ0n) is 54.6. The van der Waals surface area contributed by atoms with Crippen molar-refractivity contribution in [2.75, 3.05) is 0 Å². The Bertz CT molecular complexity index is 3910. The Morgan fingerprint density at radius 2 is 1.07 bits per heavy atom. The average molecular weight is 1070 g/mol. The van der Waals surface area contributed by atoms with Gasteiger partial charge in [-0.2, -0.15) is 5.26 Å². The second-order valence-corrected chi connectivity index (χ2v) is 16.3. The molecule has 0 unspecified atom stereocenters. The van der Waals surface area contributed by atoms with Crippen molar-refractivity contribution in [3.63, 3.8) is 0 Å². The van der Waals surface area contributed by atoms with Gasteiger partial charge in [-0.1, -0.05) is 95.0 Å². The van der Waals surface area contributed by atoms with Crippen LogP contribution >= 0.6 is 0 Å². The molecule has 0 bridgehead atoms. The molecular weight excluding hydrogens is 997 g/mol. The van der Waals surface area contributed by atoms with Crippen molar-refractivity contribution < 1.29 is 47.8 Å². The maximum atomic E-state index is 9.87. The molecule has 0 N–H and O–H groups in total. The zero-order valence-corrected chi connectivity index (χ0v) is 40.0. The van der Waals surface area contributed by atoms with Crippen LogP contribution in [0.25, 0.3) is 55.7 Å². The molecule has 0 fully saturated rings. The molecule has 0 saturated heterocycles. The molecule has 0 atom stereocenters. The van der Waals surface area contributed by atoms with Crippen LogP contribution in [-0.2, 0) is 58.3 Å². The Hall–Kier alpha value is -6.51. The minimum absolute atomic E-state index is 0. The van der Waals surface area contributed by atoms with E-state index in [4.69, 9.17) is 9.90 Å². The Balaban J connectivity index is 0.00000920. The zero-order chi connectivity index (χ0) is 61.0. The number of hydrogen-bond acceptors (Lipinski definition) is 5. The van der Waals surface area contributed by atoms with Gasteiger partial charge in [-0.05, 0) is 135 Å². The van der Waals surface area contributed by atoms with Gasteiger partial charge in [0.15, 0.2) is 0 Å². The van der Waals surface area contributed by atoms with Crippen LogP contribution in [-0.4, -0.2) is 15.0 Å². The van der Waals surface area contributed by atoms with E-state index >= 15 is 0 Å². The molecule has 0 spiro atoms. The Morgan fingerprint density at radius 3 is 1.52 bits per heavy atom. The van der Waals surface area contributed by atoms with Crippen LogP contribution in [0.5, 0.6) is 0 Å². The van der Waals surface area contributed by atoms with Crippen molar-refractivity contribution in [1.29, 1.82) is 5.26 Å². The molecule has 0 radical (unpaired) electrons. The smallest absolute Gasteiger partial charge is 0.501 e. The van der Waals surface area contributed by atoms with E-state index in [2.05, 4.69) is 33.2 Å². The molecule has 4 aromatic heterocycles. The van der Waals surface area contributed by atoms with Crippen molar-refractivity contribution in [2.45, 2.75) is 97.5 Å². The molecule has 6 heteroatoms. The molecule has 0 aliphatic heterocycles. The van der Waals surface area contributed by atoms with E-state index in [-0.39, 0.29) is 88.0 Å². The summed E-state index contributed by atoms with van der Waals surface area (Å²) in [6, 6.07) is 35.6. The maximum Gasteiger partial charge on any atom is 3.00 e. The van der Waals surface area contributed by atoms with Gasteiger partial charge < -0.3 is 19.4 Å². The van der Waals surface area contributed by atoms with E-state index in [1.807, 2.05) is 6.07 Å². The maximum absolute atomic E-state index is 9.87. The van der Waals surface area contributed by atoms with Crippen LogP contribution in [0.4, 0.5) is 0 Å². The third-order valence-corrected chi connectivity index (χ3v) is 10.9. The van der Waals surface area contributed by atoms with Crippen molar-refractivity contribution in [3.05, 3.63) is 208 Å². The van der Waals surface area contributed by atoms with Gasteiger partial charge in [-0.15, -0.1) is 90.0 Å². The molecule has 0 saturated carbocycles. The van der Waals surface area contributed by atoms with Gasteiger partial charge in [0.1, 0.15) is 5.58 Å². The van der Waals surface area contributed by atoms with Crippen LogP contribution in [0.1, 0.15) is 138 Å². The minimum atomic E-state index is -3.39. The number of fused-ring (bicyclic) bond motifs is 3. The van der Waals surface area contributed by atoms with Crippen LogP contribution < -0.4 is 0 Å². The molecule has 4 heterocycles. The van der Waals surface area contributed by atoms with Crippen molar-refractivity contribution in [3.8, 4) is 39.8 Å². The first-order chi connectivity index (χ1) is 38.4. The summed E-state index contributed by atoms with van der Waals surface area (Å²) >= 11 is 0. The quantitative estimate of drug-likeness (QED) is 0.0956. The number of nitriles is 1. The number of pyridine rings is 3. The fraction of sp³-hybridized carbons (Fsp3) is 0.246. The largest absolute Gasteiger partial charge is 3.00 e. The van der Waals surface area contributed by atoms with E-state index in [1.165, 1.54) is 71.9 Å². The second-order valence-electron chi connectivity index (χ2n) is 16.3. The number of aromatic nitrogens is 3. The standard InChI is InChI=1S/C61H55N4O.Ir/c1-39(2)54-32-57(46-14-9-7-10-15-46)63-36-48(54)24-20-42-28-43(21-25-49-37-64-58(33-55(49)40(3)4)47-16-11-8-12-17-47)30-44(29-42)22-26-50-38-65-59(34-56(50)41(5)6)53-19-13-18-52-51-27-23-45(35-62)31-60(51)66-61(52)53;/h7-14,16,18,23,27-34,36-41H,20-22,24-26H2,1-6H3;/q-3;+3/i20D2,21D2,22D2,23D,24D2,25D2,26D2,31D,39D,40D,41D;. The predicted octanol–water partition coefficient (Wildman–Crippen LogP) is 14.8. The molecule has 0 aliphatic carbocycles. The number of rotatable bonds is 15. The molecule has 0 amide bonds. The first kappa shape index (κ1) is 30.0. The Kier molecular flexibility index (Phi) is 9.39. The van der Waals surface area contributed by atoms with Crippen molar-refractivity contribution >= 4 is 21.9 Å². The van der Waals surface area contributed by atoms with Gasteiger partial charge >= 0.3 is 20.1 Å². The van der Waals surface area contributed by atoms with Gasteiger partial charge in [0.2, 0.25) is 0 Å². The molecule has 5 aromatic carbocycles. The fourth-order valence-electron chi connectivity index (χ4n) is 7.57. The summed E-state index contributed by atoms with van der Waals surface area (Å²) < 4.78 is 168. The van der Waals surface area contributed by atoms with Gasteiger partial charge in [-0.25, -0.2) is 0 Å². The molecular formula is C61H55IrN4O. The number of hydrogen-bond donors (Lipinski definition) is 0. The number of benzene rings is 5. The monoisotopic (exact) mass is 1070 g/mol. The third kappa shape index (κ3) is 10.6. The molecule has 0 aliphatic rings. The van der Waals surface area contributed by atoms with E-state index in [9.17, 15) is 23.1 Å². The molecule has 334 valence electrons. The number of furan rings is 1. The van der Waals surface area contributed by atoms with E-state index in [1.54, 1.807) is 54.6 Å². The first-order valence-electron chi connectivity index (χ1n) is 29.8. The number of aryl methyl sites for hydroxylation is 6. The first-order valence-corrected chi connectivity index (χ1v) is 21.3. The van der Waals surface area contributed by atoms with Crippen molar-refractivity contribution in [1.82, 2.24) is 15.0 Å². The topological polar surface area (TPSA) is 75.6 Å². The van der Waals surface area contributed by atoms with Gasteiger partial charge in [0, 0.05) is 44.5 Å². The fourth-order valence-corrected chi connectivity index (χ4v) is 7.57. The normalized spacial score (nSPS) is 16.9.